The van der Waals surface area contributed by atoms with E-state index in [2.05, 4.69) is 5.43 Å². The third-order valence-corrected chi connectivity index (χ3v) is 3.36. The molecule has 0 aromatic heterocycles. The minimum atomic E-state index is -4.79. The first-order chi connectivity index (χ1) is 9.07. The van der Waals surface area contributed by atoms with Crippen LogP contribution in [-0.2, 0) is 0 Å². The van der Waals surface area contributed by atoms with Gasteiger partial charge in [0.1, 0.15) is 0 Å². The second kappa shape index (κ2) is 6.18. The van der Waals surface area contributed by atoms with Gasteiger partial charge in [-0.1, -0.05) is 12.1 Å². The van der Waals surface area contributed by atoms with E-state index in [1.807, 2.05) is 0 Å². The molecule has 0 spiro atoms. The van der Waals surface area contributed by atoms with Crippen LogP contribution in [0.25, 0.3) is 5.43 Å². The molecule has 1 saturated carbocycles. The molecule has 0 saturated heterocycles. The zero-order valence-electron chi connectivity index (χ0n) is 11.0. The maximum Gasteiger partial charge on any atom is 0.416 e. The molecule has 0 aromatic carbocycles. The van der Waals surface area contributed by atoms with Crippen molar-refractivity contribution in [1.82, 2.24) is 0 Å². The summed E-state index contributed by atoms with van der Waals surface area (Å²) in [7, 11) is 1.66. The molecule has 0 amide bonds. The Kier molecular flexibility index (Phi) is 5.39. The summed E-state index contributed by atoms with van der Waals surface area (Å²) in [5, 5.41) is 0.635. The number of hydrogen-bond acceptors (Lipinski definition) is 0. The second-order valence-corrected chi connectivity index (χ2v) is 5.10. The van der Waals surface area contributed by atoms with Crippen molar-refractivity contribution in [1.29, 1.82) is 0 Å². The first-order valence-electron chi connectivity index (χ1n) is 6.18. The van der Waals surface area contributed by atoms with Gasteiger partial charge in [0.25, 0.3) is 0 Å². The fourth-order valence-electron chi connectivity index (χ4n) is 2.11. The Morgan fingerprint density at radius 1 is 1.10 bits per heavy atom. The third-order valence-electron chi connectivity index (χ3n) is 3.36. The Hall–Kier alpha value is -0.730. The summed E-state index contributed by atoms with van der Waals surface area (Å²) in [6.45, 7) is 0. The van der Waals surface area contributed by atoms with Crippen molar-refractivity contribution in [2.45, 2.75) is 43.7 Å². The first kappa shape index (κ1) is 18.3. The fraction of sp³-hybridized carbons (Fsp3) is 0.667. The normalized spacial score (nSPS) is 24.8. The summed E-state index contributed by atoms with van der Waals surface area (Å²) in [5.74, 6) is 0. The smallest absolute Gasteiger partial charge is 0.416 e. The second-order valence-electron chi connectivity index (χ2n) is 5.10. The number of halogens is 7. The molecule has 0 aromatic rings. The molecule has 21 heavy (non-hydrogen) atoms. The van der Waals surface area contributed by atoms with Gasteiger partial charge in [-0.05, 0) is 12.5 Å². The molecule has 0 heterocycles. The van der Waals surface area contributed by atoms with Crippen LogP contribution in [-0.4, -0.2) is 31.5 Å². The lowest BCUT2D eigenvalue weighted by Crippen LogP contribution is -3.06. The van der Waals surface area contributed by atoms with Crippen LogP contribution in [0.3, 0.4) is 0 Å². The van der Waals surface area contributed by atoms with Crippen LogP contribution in [0.1, 0.15) is 19.3 Å². The van der Waals surface area contributed by atoms with Gasteiger partial charge < -0.3 is 22.8 Å². The van der Waals surface area contributed by atoms with Crippen LogP contribution in [0.15, 0.2) is 23.3 Å². The molecule has 0 aliphatic heterocycles. The number of quaternary nitrogens is 1. The molecule has 2 atom stereocenters. The lowest BCUT2D eigenvalue weighted by atomic mass is 9.95. The molecule has 2 nitrogen and oxygen atoms in total. The highest BCUT2D eigenvalue weighted by Gasteiger charge is 2.41. The average molecular weight is 336 g/mol. The molecular formula is C12H14ClF6N2-. The van der Waals surface area contributed by atoms with E-state index >= 15 is 0 Å². The summed E-state index contributed by atoms with van der Waals surface area (Å²) >= 11 is 0. The van der Waals surface area contributed by atoms with Crippen LogP contribution < -0.4 is 17.4 Å². The van der Waals surface area contributed by atoms with Gasteiger partial charge in [0.2, 0.25) is 0 Å². The molecule has 2 aliphatic carbocycles. The molecule has 2 aliphatic rings. The Labute approximate surface area is 124 Å². The summed E-state index contributed by atoms with van der Waals surface area (Å²) in [4.78, 5) is 0. The van der Waals surface area contributed by atoms with Crippen LogP contribution in [0.4, 0.5) is 26.3 Å². The van der Waals surface area contributed by atoms with Gasteiger partial charge in [0, 0.05) is 18.4 Å². The minimum Gasteiger partial charge on any atom is -1.00 e. The summed E-state index contributed by atoms with van der Waals surface area (Å²) in [6, 6.07) is -0.869. The number of nitrogens with one attached hydrogen (secondary N) is 1. The third kappa shape index (κ3) is 4.89. The molecule has 1 fully saturated rings. The quantitative estimate of drug-likeness (QED) is 0.540. The van der Waals surface area contributed by atoms with Gasteiger partial charge in [-0.3, -0.25) is 0 Å². The van der Waals surface area contributed by atoms with Crippen molar-refractivity contribution in [3.63, 3.8) is 0 Å². The van der Waals surface area contributed by atoms with E-state index < -0.39 is 36.0 Å². The van der Waals surface area contributed by atoms with E-state index in [0.29, 0.717) is 5.01 Å². The summed E-state index contributed by atoms with van der Waals surface area (Å²) < 4.78 is 76.0. The molecule has 0 radical (unpaired) electrons. The Bertz CT molecular complexity index is 436. The van der Waals surface area contributed by atoms with Crippen molar-refractivity contribution in [2.75, 3.05) is 7.05 Å². The number of alkyl halides is 6. The molecule has 2 rings (SSSR count). The van der Waals surface area contributed by atoms with Crippen LogP contribution in [0, 0.1) is 0 Å². The van der Waals surface area contributed by atoms with Crippen molar-refractivity contribution >= 4 is 0 Å². The van der Waals surface area contributed by atoms with Crippen molar-refractivity contribution in [2.24, 2.45) is 0 Å². The van der Waals surface area contributed by atoms with Crippen LogP contribution in [0.2, 0.25) is 0 Å². The highest BCUT2D eigenvalue weighted by atomic mass is 35.5. The number of rotatable bonds is 3. The summed E-state index contributed by atoms with van der Waals surface area (Å²) in [6.07, 6.45) is -7.32. The molecular weight excluding hydrogens is 322 g/mol. The maximum atomic E-state index is 12.7. The van der Waals surface area contributed by atoms with E-state index in [9.17, 15) is 26.3 Å². The molecule has 2 unspecified atom stereocenters. The van der Waals surface area contributed by atoms with Crippen LogP contribution in [0.5, 0.6) is 0 Å². The summed E-state index contributed by atoms with van der Waals surface area (Å²) in [5.41, 5.74) is 1.58. The largest absolute Gasteiger partial charge is 1.00 e. The molecule has 122 valence electrons. The monoisotopic (exact) mass is 335 g/mol. The van der Waals surface area contributed by atoms with Crippen molar-refractivity contribution < 1.29 is 43.8 Å². The van der Waals surface area contributed by atoms with Crippen molar-refractivity contribution in [3.8, 4) is 0 Å². The van der Waals surface area contributed by atoms with Gasteiger partial charge in [0.05, 0.1) is 18.7 Å². The van der Waals surface area contributed by atoms with E-state index in [4.69, 9.17) is 0 Å². The van der Waals surface area contributed by atoms with Gasteiger partial charge in [-0.25, -0.2) is 0 Å². The van der Waals surface area contributed by atoms with E-state index in [-0.39, 0.29) is 24.5 Å². The highest BCUT2D eigenvalue weighted by Crippen LogP contribution is 2.39. The predicted octanol–water partition coefficient (Wildman–Crippen LogP) is -0.294. The number of nitrogens with zero attached hydrogens (tertiary/aromatic N) is 1. The van der Waals surface area contributed by atoms with Gasteiger partial charge in [-0.2, -0.15) is 26.3 Å². The highest BCUT2D eigenvalue weighted by molar-refractivity contribution is 5.37. The van der Waals surface area contributed by atoms with Crippen molar-refractivity contribution in [3.05, 3.63) is 28.7 Å². The molecule has 0 bridgehead atoms. The number of allylic oxidation sites excluding steroid dienone is 2. The van der Waals surface area contributed by atoms with Gasteiger partial charge >= 0.3 is 12.4 Å². The van der Waals surface area contributed by atoms with Gasteiger partial charge in [-0.15, -0.1) is 0 Å². The van der Waals surface area contributed by atoms with E-state index in [0.717, 1.165) is 18.9 Å². The zero-order valence-corrected chi connectivity index (χ0v) is 11.8. The fourth-order valence-corrected chi connectivity index (χ4v) is 2.11. The minimum absolute atomic E-state index is 0. The number of hydrogen-bond donors (Lipinski definition) is 1. The Morgan fingerprint density at radius 2 is 1.67 bits per heavy atom. The average Bonchev–Trinajstić information content (AvgIpc) is 3.09. The first-order valence-corrected chi connectivity index (χ1v) is 6.18. The molecule has 9 heteroatoms. The lowest BCUT2D eigenvalue weighted by molar-refractivity contribution is -0.854. The predicted molar refractivity (Wildman–Crippen MR) is 59.9 cm³/mol. The lowest BCUT2D eigenvalue weighted by Gasteiger charge is -2.37. The SMILES string of the molecule is C[NH+]([N-]C1C=C(C(F)(F)F)C=C(C(F)(F)F)C1)C1CC1.[Cl-]. The molecule has 1 N–H and O–H groups in total. The zero-order chi connectivity index (χ0) is 15.1. The topological polar surface area (TPSA) is 18.5 Å². The van der Waals surface area contributed by atoms with Crippen LogP contribution >= 0.6 is 0 Å². The maximum absolute atomic E-state index is 12.7. The van der Waals surface area contributed by atoms with Gasteiger partial charge in [0.15, 0.2) is 0 Å². The standard InChI is InChI=1S/C12H14F6N2.ClH/c1-20(10-2-3-10)19-9-5-7(11(13,14)15)4-8(6-9)12(16,17)18;/h4-5,9-10,20H,2-3,6H2,1H3;1H/p-1. The van der Waals surface area contributed by atoms with E-state index in [1.165, 1.54) is 0 Å². The Morgan fingerprint density at radius 3 is 2.10 bits per heavy atom. The van der Waals surface area contributed by atoms with E-state index in [1.54, 1.807) is 7.05 Å². The Balaban J connectivity index is 0.00000220.